The highest BCUT2D eigenvalue weighted by atomic mass is 79.9. The van der Waals surface area contributed by atoms with Crippen LogP contribution in [0.1, 0.15) is 4.88 Å². The molecule has 2 rings (SSSR count). The maximum Gasteiger partial charge on any atom is 0.0701 e. The summed E-state index contributed by atoms with van der Waals surface area (Å²) in [6.07, 6.45) is 1.17. The summed E-state index contributed by atoms with van der Waals surface area (Å²) in [5, 5.41) is 3.44. The molecule has 0 amide bonds. The summed E-state index contributed by atoms with van der Waals surface area (Å²) in [7, 11) is 2.22. The van der Waals surface area contributed by atoms with E-state index in [4.69, 9.17) is 0 Å². The molecular weight excluding hydrogens is 260 g/mol. The van der Waals surface area contributed by atoms with Crippen molar-refractivity contribution in [2.45, 2.75) is 12.5 Å². The fourth-order valence-electron chi connectivity index (χ4n) is 1.78. The highest BCUT2D eigenvalue weighted by Gasteiger charge is 2.19. The van der Waals surface area contributed by atoms with E-state index < -0.39 is 0 Å². The van der Waals surface area contributed by atoms with Crippen LogP contribution in [0.5, 0.6) is 0 Å². The Bertz CT molecular complexity index is 300. The van der Waals surface area contributed by atoms with Crippen LogP contribution in [0.2, 0.25) is 0 Å². The minimum Gasteiger partial charge on any atom is -0.314 e. The van der Waals surface area contributed by atoms with Crippen molar-refractivity contribution in [3.8, 4) is 0 Å². The first kappa shape index (κ1) is 10.6. The van der Waals surface area contributed by atoms with E-state index in [0.717, 1.165) is 19.6 Å². The van der Waals surface area contributed by atoms with E-state index in [1.54, 1.807) is 0 Å². The van der Waals surface area contributed by atoms with Crippen molar-refractivity contribution in [2.75, 3.05) is 26.7 Å². The number of halogens is 1. The molecule has 0 spiro atoms. The smallest absolute Gasteiger partial charge is 0.0701 e. The van der Waals surface area contributed by atoms with Crippen molar-refractivity contribution < 1.29 is 0 Å². The lowest BCUT2D eigenvalue weighted by molar-refractivity contribution is 0.200. The fraction of sp³-hybridized carbons (Fsp3) is 0.600. The highest BCUT2D eigenvalue weighted by molar-refractivity contribution is 9.11. The van der Waals surface area contributed by atoms with Gasteiger partial charge in [-0.15, -0.1) is 11.3 Å². The molecule has 1 aliphatic rings. The Hall–Kier alpha value is 0.1000. The average Bonchev–Trinajstić information content (AvgIpc) is 2.56. The third-order valence-corrected chi connectivity index (χ3v) is 4.36. The van der Waals surface area contributed by atoms with Crippen LogP contribution in [0.4, 0.5) is 0 Å². The molecule has 14 heavy (non-hydrogen) atoms. The first-order chi connectivity index (χ1) is 6.75. The normalized spacial score (nSPS) is 24.0. The van der Waals surface area contributed by atoms with Gasteiger partial charge >= 0.3 is 0 Å². The van der Waals surface area contributed by atoms with Crippen molar-refractivity contribution in [3.05, 3.63) is 20.8 Å². The number of nitrogens with one attached hydrogen (secondary N) is 1. The van der Waals surface area contributed by atoms with Gasteiger partial charge in [-0.1, -0.05) is 0 Å². The zero-order valence-electron chi connectivity index (χ0n) is 8.29. The molecular formula is C10H15BrN2S. The zero-order valence-corrected chi connectivity index (χ0v) is 10.7. The van der Waals surface area contributed by atoms with Crippen molar-refractivity contribution in [1.29, 1.82) is 0 Å². The Morgan fingerprint density at radius 1 is 1.64 bits per heavy atom. The molecule has 0 aromatic carbocycles. The van der Waals surface area contributed by atoms with Crippen LogP contribution in [-0.4, -0.2) is 37.6 Å². The number of piperazine rings is 1. The van der Waals surface area contributed by atoms with Gasteiger partial charge in [-0.25, -0.2) is 0 Å². The third-order valence-electron chi connectivity index (χ3n) is 2.71. The largest absolute Gasteiger partial charge is 0.314 e. The molecule has 1 aromatic heterocycles. The first-order valence-corrected chi connectivity index (χ1v) is 6.52. The molecule has 2 heterocycles. The van der Waals surface area contributed by atoms with E-state index in [1.165, 1.54) is 15.1 Å². The lowest BCUT2D eigenvalue weighted by Crippen LogP contribution is -2.50. The van der Waals surface area contributed by atoms with E-state index in [1.807, 2.05) is 11.3 Å². The highest BCUT2D eigenvalue weighted by Crippen LogP contribution is 2.24. The molecule has 0 saturated carbocycles. The predicted molar refractivity (Wildman–Crippen MR) is 65.0 cm³/mol. The monoisotopic (exact) mass is 274 g/mol. The van der Waals surface area contributed by atoms with Crippen LogP contribution in [0.25, 0.3) is 0 Å². The topological polar surface area (TPSA) is 15.3 Å². The van der Waals surface area contributed by atoms with Gasteiger partial charge < -0.3 is 10.2 Å². The first-order valence-electron chi connectivity index (χ1n) is 4.91. The van der Waals surface area contributed by atoms with Crippen molar-refractivity contribution in [3.63, 3.8) is 0 Å². The fourth-order valence-corrected chi connectivity index (χ4v) is 3.34. The van der Waals surface area contributed by atoms with Gasteiger partial charge in [0, 0.05) is 30.6 Å². The van der Waals surface area contributed by atoms with Gasteiger partial charge in [0.05, 0.1) is 3.79 Å². The van der Waals surface area contributed by atoms with Crippen molar-refractivity contribution in [2.24, 2.45) is 0 Å². The van der Waals surface area contributed by atoms with Crippen LogP contribution >= 0.6 is 27.3 Å². The summed E-state index contributed by atoms with van der Waals surface area (Å²) in [6.45, 7) is 3.41. The number of hydrogen-bond acceptors (Lipinski definition) is 3. The van der Waals surface area contributed by atoms with E-state index in [0.29, 0.717) is 6.04 Å². The molecule has 4 heteroatoms. The second-order valence-electron chi connectivity index (χ2n) is 3.75. The zero-order chi connectivity index (χ0) is 9.97. The van der Waals surface area contributed by atoms with Gasteiger partial charge in [-0.05, 0) is 41.5 Å². The van der Waals surface area contributed by atoms with E-state index in [2.05, 4.69) is 45.3 Å². The van der Waals surface area contributed by atoms with E-state index in [9.17, 15) is 0 Å². The summed E-state index contributed by atoms with van der Waals surface area (Å²) in [5.41, 5.74) is 0. The van der Waals surface area contributed by atoms with Crippen molar-refractivity contribution >= 4 is 27.3 Å². The molecule has 1 saturated heterocycles. The number of hydrogen-bond donors (Lipinski definition) is 1. The van der Waals surface area contributed by atoms with Crippen LogP contribution in [0.15, 0.2) is 15.9 Å². The van der Waals surface area contributed by atoms with Gasteiger partial charge in [-0.2, -0.15) is 0 Å². The summed E-state index contributed by atoms with van der Waals surface area (Å²) in [4.78, 5) is 3.92. The molecule has 1 atom stereocenters. The van der Waals surface area contributed by atoms with Gasteiger partial charge in [-0.3, -0.25) is 0 Å². The lowest BCUT2D eigenvalue weighted by atomic mass is 10.1. The summed E-state index contributed by atoms with van der Waals surface area (Å²) in [5.74, 6) is 0. The molecule has 2 nitrogen and oxygen atoms in total. The van der Waals surface area contributed by atoms with Gasteiger partial charge in [0.2, 0.25) is 0 Å². The number of thiophene rings is 1. The number of nitrogens with zero attached hydrogens (tertiary/aromatic N) is 1. The minimum absolute atomic E-state index is 0.661. The number of rotatable bonds is 2. The molecule has 1 aromatic rings. The standard InChI is InChI=1S/C10H15BrN2S/c1-13-5-4-12-7-8(13)6-9-2-3-10(11)14-9/h2-3,8,12H,4-7H2,1H3. The second-order valence-corrected chi connectivity index (χ2v) is 6.30. The maximum atomic E-state index is 3.50. The minimum atomic E-state index is 0.661. The molecule has 0 bridgehead atoms. The molecule has 1 aliphatic heterocycles. The summed E-state index contributed by atoms with van der Waals surface area (Å²) < 4.78 is 1.24. The summed E-state index contributed by atoms with van der Waals surface area (Å²) in [6, 6.07) is 5.02. The lowest BCUT2D eigenvalue weighted by Gasteiger charge is -2.32. The summed E-state index contributed by atoms with van der Waals surface area (Å²) >= 11 is 5.35. The molecule has 1 unspecified atom stereocenters. The molecule has 78 valence electrons. The van der Waals surface area contributed by atoms with Crippen LogP contribution in [0.3, 0.4) is 0 Å². The molecule has 1 fully saturated rings. The number of likely N-dealkylation sites (N-methyl/N-ethyl adjacent to an activating group) is 1. The molecule has 1 N–H and O–H groups in total. The van der Waals surface area contributed by atoms with Gasteiger partial charge in [0.25, 0.3) is 0 Å². The van der Waals surface area contributed by atoms with E-state index >= 15 is 0 Å². The Morgan fingerprint density at radius 2 is 2.50 bits per heavy atom. The quantitative estimate of drug-likeness (QED) is 0.887. The Morgan fingerprint density at radius 3 is 3.14 bits per heavy atom. The predicted octanol–water partition coefficient (Wildman–Crippen LogP) is 1.96. The molecule has 0 aliphatic carbocycles. The van der Waals surface area contributed by atoms with Crippen LogP contribution in [-0.2, 0) is 6.42 Å². The van der Waals surface area contributed by atoms with E-state index in [-0.39, 0.29) is 0 Å². The van der Waals surface area contributed by atoms with Gasteiger partial charge in [0.1, 0.15) is 0 Å². The Labute approximate surface area is 97.4 Å². The molecule has 0 radical (unpaired) electrons. The maximum absolute atomic E-state index is 3.50. The van der Waals surface area contributed by atoms with Crippen LogP contribution < -0.4 is 5.32 Å². The Balaban J connectivity index is 1.95. The van der Waals surface area contributed by atoms with Crippen LogP contribution in [0, 0.1) is 0 Å². The SMILES string of the molecule is CN1CCNCC1Cc1ccc(Br)s1. The Kier molecular flexibility index (Phi) is 3.60. The second kappa shape index (κ2) is 4.75. The average molecular weight is 275 g/mol. The van der Waals surface area contributed by atoms with Crippen molar-refractivity contribution in [1.82, 2.24) is 10.2 Å². The third kappa shape index (κ3) is 2.57. The van der Waals surface area contributed by atoms with Gasteiger partial charge in [0.15, 0.2) is 0 Å².